The zero-order valence-electron chi connectivity index (χ0n) is 17.7. The molecule has 3 aromatic heterocycles. The van der Waals surface area contributed by atoms with Crippen LogP contribution in [0.2, 0.25) is 0 Å². The maximum atomic E-state index is 12.9. The first-order chi connectivity index (χ1) is 15.6. The summed E-state index contributed by atoms with van der Waals surface area (Å²) < 4.78 is 15.1. The number of carbonyl (C=O) groups is 1. The fourth-order valence-corrected chi connectivity index (χ4v) is 4.33. The van der Waals surface area contributed by atoms with Gasteiger partial charge in [-0.25, -0.2) is 9.29 Å². The van der Waals surface area contributed by atoms with Crippen molar-refractivity contribution < 1.29 is 14.1 Å². The molecule has 4 aromatic rings. The Morgan fingerprint density at radius 1 is 1.28 bits per heavy atom. The minimum absolute atomic E-state index is 0.0835. The number of hydrogen-bond acceptors (Lipinski definition) is 8. The molecule has 1 atom stereocenters. The lowest BCUT2D eigenvalue weighted by Crippen LogP contribution is -2.34. The zero-order chi connectivity index (χ0) is 22.1. The normalized spacial score (nSPS) is 17.0. The van der Waals surface area contributed by atoms with Gasteiger partial charge >= 0.3 is 0 Å². The molecule has 1 N–H and O–H groups in total. The molecule has 0 bridgehead atoms. The Kier molecular flexibility index (Phi) is 5.64. The summed E-state index contributed by atoms with van der Waals surface area (Å²) in [5.41, 5.74) is 3.53. The van der Waals surface area contributed by atoms with Crippen LogP contribution in [0.1, 0.15) is 28.0 Å². The summed E-state index contributed by atoms with van der Waals surface area (Å²) in [5, 5.41) is 7.15. The predicted octanol–water partition coefficient (Wildman–Crippen LogP) is 3.60. The van der Waals surface area contributed by atoms with Crippen LogP contribution in [0, 0.1) is 6.92 Å². The number of carbonyl (C=O) groups excluding carboxylic acids is 1. The number of ether oxygens (including phenoxy) is 1. The first-order valence-electron chi connectivity index (χ1n) is 10.2. The van der Waals surface area contributed by atoms with Crippen LogP contribution in [0.15, 0.2) is 53.3 Å². The van der Waals surface area contributed by atoms with Crippen molar-refractivity contribution in [3.63, 3.8) is 0 Å². The number of fused-ring (bicyclic) bond motifs is 1. The SMILES string of the molecule is CSN1CCOCC1c1nc(-c2ccc(C)c(NC(=O)c3cnc4ccccn34)c2)no1. The minimum Gasteiger partial charge on any atom is -0.378 e. The summed E-state index contributed by atoms with van der Waals surface area (Å²) in [7, 11) is 0. The average molecular weight is 451 g/mol. The lowest BCUT2D eigenvalue weighted by molar-refractivity contribution is 0.0253. The van der Waals surface area contributed by atoms with Crippen LogP contribution in [0.25, 0.3) is 17.0 Å². The van der Waals surface area contributed by atoms with Crippen LogP contribution in [-0.2, 0) is 4.74 Å². The number of morpholine rings is 1. The van der Waals surface area contributed by atoms with Crippen molar-refractivity contribution in [2.24, 2.45) is 0 Å². The number of aryl methyl sites for hydroxylation is 1. The maximum Gasteiger partial charge on any atom is 0.274 e. The van der Waals surface area contributed by atoms with Crippen molar-refractivity contribution in [2.45, 2.75) is 13.0 Å². The molecule has 0 radical (unpaired) electrons. The number of nitrogens with one attached hydrogen (secondary N) is 1. The van der Waals surface area contributed by atoms with Crippen LogP contribution in [0.4, 0.5) is 5.69 Å². The van der Waals surface area contributed by atoms with E-state index < -0.39 is 0 Å². The highest BCUT2D eigenvalue weighted by molar-refractivity contribution is 7.96. The lowest BCUT2D eigenvalue weighted by atomic mass is 10.1. The number of aromatic nitrogens is 4. The van der Waals surface area contributed by atoms with Gasteiger partial charge in [-0.15, -0.1) is 0 Å². The molecule has 0 spiro atoms. The van der Waals surface area contributed by atoms with Gasteiger partial charge in [0.1, 0.15) is 17.4 Å². The van der Waals surface area contributed by atoms with E-state index in [1.165, 1.54) is 0 Å². The van der Waals surface area contributed by atoms with Gasteiger partial charge < -0.3 is 14.6 Å². The van der Waals surface area contributed by atoms with E-state index in [2.05, 4.69) is 24.7 Å². The van der Waals surface area contributed by atoms with E-state index in [1.54, 1.807) is 22.5 Å². The van der Waals surface area contributed by atoms with Gasteiger partial charge in [0.15, 0.2) is 0 Å². The molecule has 9 nitrogen and oxygen atoms in total. The molecule has 1 amide bonds. The van der Waals surface area contributed by atoms with Gasteiger partial charge in [-0.3, -0.25) is 9.20 Å². The Bertz CT molecular complexity index is 1270. The second-order valence-corrected chi connectivity index (χ2v) is 8.26. The third-order valence-corrected chi connectivity index (χ3v) is 6.34. The highest BCUT2D eigenvalue weighted by Gasteiger charge is 2.29. The molecule has 1 aliphatic heterocycles. The summed E-state index contributed by atoms with van der Waals surface area (Å²) in [6, 6.07) is 11.2. The van der Waals surface area contributed by atoms with Crippen LogP contribution >= 0.6 is 11.9 Å². The highest BCUT2D eigenvalue weighted by Crippen LogP contribution is 2.30. The van der Waals surface area contributed by atoms with Crippen molar-refractivity contribution in [1.82, 2.24) is 23.8 Å². The molecule has 5 rings (SSSR count). The quantitative estimate of drug-likeness (QED) is 0.461. The molecule has 1 aromatic carbocycles. The summed E-state index contributed by atoms with van der Waals surface area (Å²) in [4.78, 5) is 21.8. The minimum atomic E-state index is -0.243. The fraction of sp³-hybridized carbons (Fsp3) is 0.273. The number of pyridine rings is 1. The van der Waals surface area contributed by atoms with Gasteiger partial charge in [0.05, 0.1) is 19.4 Å². The molecule has 32 heavy (non-hydrogen) atoms. The highest BCUT2D eigenvalue weighted by atomic mass is 32.2. The van der Waals surface area contributed by atoms with Crippen molar-refractivity contribution in [3.8, 4) is 11.4 Å². The maximum absolute atomic E-state index is 12.9. The molecule has 0 aliphatic carbocycles. The van der Waals surface area contributed by atoms with Crippen LogP contribution in [-0.4, -0.2) is 55.8 Å². The van der Waals surface area contributed by atoms with Gasteiger partial charge in [-0.05, 0) is 36.9 Å². The topological polar surface area (TPSA) is 97.8 Å². The zero-order valence-corrected chi connectivity index (χ0v) is 18.5. The van der Waals surface area contributed by atoms with Gasteiger partial charge in [0.25, 0.3) is 5.91 Å². The molecular weight excluding hydrogens is 428 g/mol. The molecule has 1 aliphatic rings. The van der Waals surface area contributed by atoms with Crippen molar-refractivity contribution >= 4 is 29.2 Å². The fourth-order valence-electron chi connectivity index (χ4n) is 3.67. The third kappa shape index (κ3) is 3.88. The Morgan fingerprint density at radius 3 is 3.06 bits per heavy atom. The van der Waals surface area contributed by atoms with E-state index in [4.69, 9.17) is 9.26 Å². The third-order valence-electron chi connectivity index (χ3n) is 5.43. The number of imidazole rings is 1. The summed E-state index contributed by atoms with van der Waals surface area (Å²) in [6.45, 7) is 3.93. The Hall–Kier alpha value is -3.21. The molecule has 1 unspecified atom stereocenters. The second-order valence-electron chi connectivity index (χ2n) is 7.43. The summed E-state index contributed by atoms with van der Waals surface area (Å²) in [5.74, 6) is 0.746. The summed E-state index contributed by atoms with van der Waals surface area (Å²) >= 11 is 1.64. The van der Waals surface area contributed by atoms with E-state index in [0.29, 0.717) is 42.0 Å². The molecule has 4 heterocycles. The average Bonchev–Trinajstić information content (AvgIpc) is 3.48. The second kappa shape index (κ2) is 8.73. The number of nitrogens with zero attached hydrogens (tertiary/aromatic N) is 5. The Balaban J connectivity index is 1.40. The number of rotatable bonds is 5. The number of benzene rings is 1. The molecule has 1 saturated heterocycles. The van der Waals surface area contributed by atoms with E-state index in [9.17, 15) is 4.79 Å². The number of amides is 1. The van der Waals surface area contributed by atoms with Crippen molar-refractivity contribution in [1.29, 1.82) is 0 Å². The van der Waals surface area contributed by atoms with Crippen LogP contribution in [0.3, 0.4) is 0 Å². The molecule has 1 fully saturated rings. The number of hydrogen-bond donors (Lipinski definition) is 1. The smallest absolute Gasteiger partial charge is 0.274 e. The Morgan fingerprint density at radius 2 is 2.19 bits per heavy atom. The molecule has 10 heteroatoms. The van der Waals surface area contributed by atoms with E-state index >= 15 is 0 Å². The van der Waals surface area contributed by atoms with Crippen LogP contribution in [0.5, 0.6) is 0 Å². The van der Waals surface area contributed by atoms with Gasteiger partial charge in [-0.1, -0.05) is 35.3 Å². The van der Waals surface area contributed by atoms with E-state index in [-0.39, 0.29) is 11.9 Å². The van der Waals surface area contributed by atoms with E-state index in [1.807, 2.05) is 55.8 Å². The predicted molar refractivity (Wildman–Crippen MR) is 121 cm³/mol. The van der Waals surface area contributed by atoms with E-state index in [0.717, 1.165) is 17.7 Å². The Labute approximate surface area is 188 Å². The van der Waals surface area contributed by atoms with Gasteiger partial charge in [-0.2, -0.15) is 4.98 Å². The monoisotopic (exact) mass is 450 g/mol. The van der Waals surface area contributed by atoms with Crippen LogP contribution < -0.4 is 5.32 Å². The van der Waals surface area contributed by atoms with Gasteiger partial charge in [0.2, 0.25) is 11.7 Å². The lowest BCUT2D eigenvalue weighted by Gasteiger charge is -2.30. The van der Waals surface area contributed by atoms with Crippen molar-refractivity contribution in [2.75, 3.05) is 31.3 Å². The first kappa shape index (κ1) is 20.7. The molecule has 0 saturated carbocycles. The van der Waals surface area contributed by atoms with Crippen molar-refractivity contribution in [3.05, 3.63) is 65.9 Å². The molecule has 164 valence electrons. The largest absolute Gasteiger partial charge is 0.378 e. The molecular formula is C22H22N6O3S. The first-order valence-corrected chi connectivity index (χ1v) is 11.4. The number of anilines is 1. The standard InChI is InChI=1S/C22H22N6O3S/c1-14-6-7-15(20-25-22(31-26-20)18-13-30-10-9-28(18)32-2)11-16(14)24-21(29)17-12-23-19-5-3-4-8-27(17)19/h3-8,11-12,18H,9-10,13H2,1-2H3,(H,24,29). The van der Waals surface area contributed by atoms with Gasteiger partial charge in [0, 0.05) is 24.0 Å². The summed E-state index contributed by atoms with van der Waals surface area (Å²) in [6.07, 6.45) is 5.40.